The standard InChI is InChI=1S/2C28H23.C2H6Si.Zr/c2*1-2-9-20-18-22-12-8-17-27(28(22)19-20)26-15-6-5-14-25(26)24-16-7-11-21-10-3-4-13-23(21)24;1-3-2;/h2*3-8,10-19H,2,9H2,1H3;1-2H3;/q2*-1;;+2. The smallest absolute Gasteiger partial charge is 0.164 e. The summed E-state index contributed by atoms with van der Waals surface area (Å²) in [6.07, 6.45) is 4.63. The number of hydrogen-bond donors (Lipinski definition) is 0. The van der Waals surface area contributed by atoms with Crippen LogP contribution in [0.5, 0.6) is 0 Å². The van der Waals surface area contributed by atoms with Gasteiger partial charge >= 0.3 is 26.2 Å². The van der Waals surface area contributed by atoms with E-state index in [0.29, 0.717) is 0 Å². The minimum atomic E-state index is 0. The molecule has 0 aliphatic heterocycles. The molecule has 0 aliphatic rings. The van der Waals surface area contributed by atoms with E-state index < -0.39 is 0 Å². The molecule has 0 bridgehead atoms. The topological polar surface area (TPSA) is 0 Å². The molecule has 10 aromatic carbocycles. The van der Waals surface area contributed by atoms with Crippen LogP contribution in [-0.2, 0) is 39.0 Å². The van der Waals surface area contributed by atoms with Crippen molar-refractivity contribution < 1.29 is 26.2 Å². The summed E-state index contributed by atoms with van der Waals surface area (Å²) in [5, 5.41) is 10.6. The molecule has 0 aromatic heterocycles. The molecule has 0 saturated carbocycles. The average molecular weight is 868 g/mol. The summed E-state index contributed by atoms with van der Waals surface area (Å²) in [6, 6.07) is 71.0. The second-order valence-corrected chi connectivity index (χ2v) is 16.5. The van der Waals surface area contributed by atoms with E-state index in [0.717, 1.165) is 22.4 Å². The number of fused-ring (bicyclic) bond motifs is 4. The number of hydrogen-bond acceptors (Lipinski definition) is 0. The Morgan fingerprint density at radius 2 is 0.633 bits per heavy atom. The molecular weight excluding hydrogens is 816 g/mol. The third kappa shape index (κ3) is 9.02. The van der Waals surface area contributed by atoms with E-state index in [1.807, 2.05) is 0 Å². The van der Waals surface area contributed by atoms with Crippen LogP contribution in [0.1, 0.15) is 37.8 Å². The first kappa shape index (κ1) is 42.7. The quantitative estimate of drug-likeness (QED) is 0.105. The molecule has 292 valence electrons. The van der Waals surface area contributed by atoms with Gasteiger partial charge in [0.25, 0.3) is 0 Å². The minimum Gasteiger partial charge on any atom is -0.164 e. The van der Waals surface area contributed by atoms with Crippen LogP contribution >= 0.6 is 0 Å². The zero-order chi connectivity index (χ0) is 40.6. The molecule has 10 aromatic rings. The van der Waals surface area contributed by atoms with E-state index in [9.17, 15) is 0 Å². The van der Waals surface area contributed by atoms with Crippen LogP contribution < -0.4 is 0 Å². The van der Waals surface area contributed by atoms with Crippen molar-refractivity contribution in [2.24, 2.45) is 0 Å². The van der Waals surface area contributed by atoms with Gasteiger partial charge in [-0.15, -0.1) is 69.1 Å². The largest absolute Gasteiger partial charge is 2.00 e. The molecule has 2 radical (unpaired) electrons. The Bertz CT molecular complexity index is 2760. The minimum absolute atomic E-state index is 0. The molecule has 0 nitrogen and oxygen atoms in total. The van der Waals surface area contributed by atoms with E-state index in [1.54, 1.807) is 0 Å². The Kier molecular flexibility index (Phi) is 14.4. The Morgan fingerprint density at radius 3 is 1.00 bits per heavy atom. The van der Waals surface area contributed by atoms with Gasteiger partial charge in [-0.25, -0.2) is 0 Å². The maximum absolute atomic E-state index is 2.38. The van der Waals surface area contributed by atoms with E-state index >= 15 is 0 Å². The van der Waals surface area contributed by atoms with E-state index in [-0.39, 0.29) is 26.2 Å². The third-order valence-corrected chi connectivity index (χ3v) is 11.3. The predicted octanol–water partition coefficient (Wildman–Crippen LogP) is 16.8. The Hall–Kier alpha value is -5.40. The van der Waals surface area contributed by atoms with Gasteiger partial charge in [0.05, 0.1) is 0 Å². The van der Waals surface area contributed by atoms with Gasteiger partial charge in [0.1, 0.15) is 0 Å². The van der Waals surface area contributed by atoms with Gasteiger partial charge < -0.3 is 0 Å². The fraction of sp³-hybridized carbons (Fsp3) is 0.138. The van der Waals surface area contributed by atoms with Gasteiger partial charge in [0.15, 0.2) is 0 Å². The number of rotatable bonds is 8. The molecule has 0 unspecified atom stereocenters. The van der Waals surface area contributed by atoms with Crippen molar-refractivity contribution in [1.82, 2.24) is 0 Å². The van der Waals surface area contributed by atoms with Crippen molar-refractivity contribution in [1.29, 1.82) is 0 Å². The van der Waals surface area contributed by atoms with Crippen molar-refractivity contribution >= 4 is 52.6 Å². The molecule has 60 heavy (non-hydrogen) atoms. The summed E-state index contributed by atoms with van der Waals surface area (Å²) in [4.78, 5) is 0. The second-order valence-electron chi connectivity index (χ2n) is 15.5. The summed E-state index contributed by atoms with van der Waals surface area (Å²) >= 11 is 0. The van der Waals surface area contributed by atoms with E-state index in [2.05, 4.69) is 221 Å². The van der Waals surface area contributed by atoms with Crippen molar-refractivity contribution in [3.63, 3.8) is 0 Å². The fourth-order valence-electron chi connectivity index (χ4n) is 8.76. The zero-order valence-corrected chi connectivity index (χ0v) is 38.8. The van der Waals surface area contributed by atoms with Crippen LogP contribution in [0.4, 0.5) is 0 Å². The summed E-state index contributed by atoms with van der Waals surface area (Å²) in [6.45, 7) is 8.79. The molecule has 0 aliphatic carbocycles. The molecule has 0 saturated heterocycles. The van der Waals surface area contributed by atoms with Gasteiger partial charge in [-0.2, -0.15) is 12.1 Å². The predicted molar refractivity (Wildman–Crippen MR) is 261 cm³/mol. The van der Waals surface area contributed by atoms with Gasteiger partial charge in [-0.3, -0.25) is 0 Å². The molecule has 2 heteroatoms. The summed E-state index contributed by atoms with van der Waals surface area (Å²) in [7, 11) is 1.08. The first-order valence-corrected chi connectivity index (χ1v) is 23.2. The molecule has 0 fully saturated rings. The van der Waals surface area contributed by atoms with Crippen LogP contribution in [-0.4, -0.2) is 9.52 Å². The van der Waals surface area contributed by atoms with Gasteiger partial charge in [-0.05, 0) is 67.8 Å². The Labute approximate surface area is 378 Å². The van der Waals surface area contributed by atoms with Crippen molar-refractivity contribution in [2.75, 3.05) is 0 Å². The Balaban J connectivity index is 0.000000168. The third-order valence-electron chi connectivity index (χ3n) is 11.3. The molecule has 0 amide bonds. The summed E-state index contributed by atoms with van der Waals surface area (Å²) < 4.78 is 0. The van der Waals surface area contributed by atoms with Crippen LogP contribution in [0.15, 0.2) is 194 Å². The second kappa shape index (κ2) is 20.2. The number of aryl methyl sites for hydroxylation is 2. The molecule has 0 N–H and O–H groups in total. The van der Waals surface area contributed by atoms with E-state index in [1.165, 1.54) is 112 Å². The average Bonchev–Trinajstić information content (AvgIpc) is 3.90. The van der Waals surface area contributed by atoms with Crippen molar-refractivity contribution in [3.05, 3.63) is 205 Å². The molecular formula is C58H52SiZr. The normalized spacial score (nSPS) is 10.9. The van der Waals surface area contributed by atoms with Crippen LogP contribution in [0.3, 0.4) is 0 Å². The monoisotopic (exact) mass is 866 g/mol. The van der Waals surface area contributed by atoms with Gasteiger partial charge in [-0.1, -0.05) is 197 Å². The summed E-state index contributed by atoms with van der Waals surface area (Å²) in [5.41, 5.74) is 13.3. The van der Waals surface area contributed by atoms with E-state index in [4.69, 9.17) is 0 Å². The van der Waals surface area contributed by atoms with Crippen LogP contribution in [0, 0.1) is 0 Å². The van der Waals surface area contributed by atoms with Crippen LogP contribution in [0.25, 0.3) is 87.6 Å². The number of benzene rings is 8. The zero-order valence-electron chi connectivity index (χ0n) is 35.3. The molecule has 0 heterocycles. The molecule has 0 atom stereocenters. The van der Waals surface area contributed by atoms with Gasteiger partial charge in [0, 0.05) is 9.52 Å². The molecule has 0 spiro atoms. The molecule has 10 rings (SSSR count). The fourth-order valence-corrected chi connectivity index (χ4v) is 8.76. The van der Waals surface area contributed by atoms with Crippen LogP contribution in [0.2, 0.25) is 13.1 Å². The first-order chi connectivity index (χ1) is 29.1. The first-order valence-electron chi connectivity index (χ1n) is 21.2. The van der Waals surface area contributed by atoms with Crippen molar-refractivity contribution in [3.8, 4) is 44.5 Å². The maximum atomic E-state index is 2.38. The Morgan fingerprint density at radius 1 is 0.350 bits per heavy atom. The van der Waals surface area contributed by atoms with Crippen molar-refractivity contribution in [2.45, 2.75) is 52.6 Å². The SMILES string of the molecule is CCCc1cc2c(-c3ccccc3-c3cccc4ccccc34)cccc2[cH-]1.CCCc1cc2c(-c3ccccc3-c3cccc4ccccc34)cccc2[cH-]1.C[Si]C.[Zr+2]. The van der Waals surface area contributed by atoms with Gasteiger partial charge in [0.2, 0.25) is 0 Å². The summed E-state index contributed by atoms with van der Waals surface area (Å²) in [5.74, 6) is 0. The maximum Gasteiger partial charge on any atom is 2.00 e.